The molecule has 1 aromatic heterocycles. The summed E-state index contributed by atoms with van der Waals surface area (Å²) < 4.78 is 0. The average molecular weight is 509 g/mol. The molecule has 5 N–H and O–H groups in total. The van der Waals surface area contributed by atoms with E-state index < -0.39 is 12.1 Å². The molecule has 1 aromatic carbocycles. The van der Waals surface area contributed by atoms with E-state index in [2.05, 4.69) is 56.5 Å². The van der Waals surface area contributed by atoms with E-state index in [0.717, 1.165) is 33.9 Å². The van der Waals surface area contributed by atoms with E-state index in [1.54, 1.807) is 18.2 Å². The van der Waals surface area contributed by atoms with Crippen molar-refractivity contribution in [1.82, 2.24) is 15.6 Å². The molecule has 1 aliphatic rings. The Hall–Kier alpha value is -3.12. The molecule has 0 radical (unpaired) electrons. The molecule has 6 heteroatoms. The molecule has 37 heavy (non-hydrogen) atoms. The summed E-state index contributed by atoms with van der Waals surface area (Å²) in [6, 6.07) is 6.71. The van der Waals surface area contributed by atoms with Gasteiger partial charge in [-0.1, -0.05) is 103 Å². The average Bonchev–Trinajstić information content (AvgIpc) is 3.28. The van der Waals surface area contributed by atoms with Crippen LogP contribution in [0.1, 0.15) is 65.4 Å². The first kappa shape index (κ1) is 31.9. The summed E-state index contributed by atoms with van der Waals surface area (Å²) in [7, 11) is 0. The molecule has 0 saturated heterocycles. The van der Waals surface area contributed by atoms with Crippen LogP contribution in [0.5, 0.6) is 0 Å². The molecule has 1 heterocycles. The SMILES string of the molecule is C=C/C=C(\C=C)C(CNC=O)NC(=O)C(N)Cc1c[nH]c2ccccc12.CC1CCCC(C)C1.CCC. The third kappa shape index (κ3) is 11.6. The van der Waals surface area contributed by atoms with Gasteiger partial charge in [-0.2, -0.15) is 0 Å². The lowest BCUT2D eigenvalue weighted by Gasteiger charge is -2.22. The van der Waals surface area contributed by atoms with Gasteiger partial charge in [0.15, 0.2) is 0 Å². The Morgan fingerprint density at radius 1 is 1.19 bits per heavy atom. The molecular formula is C31H48N4O2. The summed E-state index contributed by atoms with van der Waals surface area (Å²) in [5.74, 6) is 1.72. The highest BCUT2D eigenvalue weighted by atomic mass is 16.2. The second-order valence-corrected chi connectivity index (χ2v) is 9.95. The van der Waals surface area contributed by atoms with Gasteiger partial charge in [-0.25, -0.2) is 0 Å². The molecule has 0 bridgehead atoms. The Morgan fingerprint density at radius 2 is 1.84 bits per heavy atom. The number of hydrogen-bond donors (Lipinski definition) is 4. The smallest absolute Gasteiger partial charge is 0.237 e. The van der Waals surface area contributed by atoms with Gasteiger partial charge in [0.05, 0.1) is 12.1 Å². The minimum atomic E-state index is -0.720. The summed E-state index contributed by atoms with van der Waals surface area (Å²) in [5.41, 5.74) is 8.84. The highest BCUT2D eigenvalue weighted by Crippen LogP contribution is 2.27. The Labute approximate surface area is 223 Å². The van der Waals surface area contributed by atoms with Crippen LogP contribution >= 0.6 is 0 Å². The first-order valence-electron chi connectivity index (χ1n) is 13.5. The van der Waals surface area contributed by atoms with Gasteiger partial charge in [0, 0.05) is 23.6 Å². The molecule has 0 aliphatic heterocycles. The number of amides is 2. The number of aromatic nitrogens is 1. The van der Waals surface area contributed by atoms with Crippen LogP contribution in [0.15, 0.2) is 67.4 Å². The molecule has 2 aromatic rings. The fraction of sp³-hybridized carbons (Fsp3) is 0.484. The van der Waals surface area contributed by atoms with Crippen LogP contribution in [0, 0.1) is 11.8 Å². The van der Waals surface area contributed by atoms with E-state index in [1.807, 2.05) is 30.5 Å². The number of benzene rings is 1. The maximum atomic E-state index is 12.6. The van der Waals surface area contributed by atoms with Crippen molar-refractivity contribution in [1.29, 1.82) is 0 Å². The van der Waals surface area contributed by atoms with Gasteiger partial charge in [-0.05, 0) is 41.9 Å². The normalized spacial score (nSPS) is 18.7. The zero-order valence-corrected chi connectivity index (χ0v) is 23.3. The van der Waals surface area contributed by atoms with E-state index in [1.165, 1.54) is 32.1 Å². The first-order chi connectivity index (χ1) is 17.8. The maximum absolute atomic E-state index is 12.6. The summed E-state index contributed by atoms with van der Waals surface area (Å²) in [5, 5.41) is 6.49. The van der Waals surface area contributed by atoms with Gasteiger partial charge < -0.3 is 21.4 Å². The third-order valence-corrected chi connectivity index (χ3v) is 6.32. The first-order valence-corrected chi connectivity index (χ1v) is 13.5. The monoisotopic (exact) mass is 508 g/mol. The van der Waals surface area contributed by atoms with E-state index in [9.17, 15) is 9.59 Å². The minimum absolute atomic E-state index is 0.237. The number of carbonyl (C=O) groups excluding carboxylic acids is 2. The van der Waals surface area contributed by atoms with Crippen LogP contribution in [0.3, 0.4) is 0 Å². The molecule has 1 aliphatic carbocycles. The predicted molar refractivity (Wildman–Crippen MR) is 157 cm³/mol. The molecule has 0 spiro atoms. The lowest BCUT2D eigenvalue weighted by atomic mass is 9.84. The number of H-pyrrole nitrogens is 1. The third-order valence-electron chi connectivity index (χ3n) is 6.32. The molecule has 3 rings (SSSR count). The number of hydrogen-bond acceptors (Lipinski definition) is 3. The Bertz CT molecular complexity index is 986. The van der Waals surface area contributed by atoms with Crippen molar-refractivity contribution in [3.63, 3.8) is 0 Å². The highest BCUT2D eigenvalue weighted by molar-refractivity contribution is 5.86. The minimum Gasteiger partial charge on any atom is -0.361 e. The molecule has 1 fully saturated rings. The number of carbonyl (C=O) groups is 2. The number of aromatic amines is 1. The number of allylic oxidation sites excluding steroid dienone is 2. The van der Waals surface area contributed by atoms with Gasteiger partial charge in [0.1, 0.15) is 0 Å². The van der Waals surface area contributed by atoms with Gasteiger partial charge in [0.25, 0.3) is 0 Å². The van der Waals surface area contributed by atoms with Crippen LogP contribution in [-0.2, 0) is 16.0 Å². The van der Waals surface area contributed by atoms with Crippen molar-refractivity contribution in [3.05, 3.63) is 73.0 Å². The summed E-state index contributed by atoms with van der Waals surface area (Å²) in [6.07, 6.45) is 15.0. The number of nitrogens with two attached hydrogens (primary N) is 1. The van der Waals surface area contributed by atoms with Crippen LogP contribution in [-0.4, -0.2) is 35.9 Å². The Morgan fingerprint density at radius 3 is 2.38 bits per heavy atom. The zero-order chi connectivity index (χ0) is 27.6. The van der Waals surface area contributed by atoms with Crippen LogP contribution in [0.4, 0.5) is 0 Å². The van der Waals surface area contributed by atoms with Crippen molar-refractivity contribution >= 4 is 23.2 Å². The number of nitrogens with one attached hydrogen (secondary N) is 3. The van der Waals surface area contributed by atoms with Crippen molar-refractivity contribution < 1.29 is 9.59 Å². The lowest BCUT2D eigenvalue weighted by Crippen LogP contribution is -2.50. The van der Waals surface area contributed by atoms with Crippen molar-refractivity contribution in [3.8, 4) is 0 Å². The predicted octanol–water partition coefficient (Wildman–Crippen LogP) is 5.82. The molecule has 4 atom stereocenters. The van der Waals surface area contributed by atoms with E-state index >= 15 is 0 Å². The quantitative estimate of drug-likeness (QED) is 0.240. The van der Waals surface area contributed by atoms with E-state index in [0.29, 0.717) is 12.8 Å². The van der Waals surface area contributed by atoms with Crippen LogP contribution in [0.2, 0.25) is 0 Å². The topological polar surface area (TPSA) is 100 Å². The van der Waals surface area contributed by atoms with Crippen LogP contribution in [0.25, 0.3) is 10.9 Å². The van der Waals surface area contributed by atoms with Gasteiger partial charge in [0.2, 0.25) is 12.3 Å². The second-order valence-electron chi connectivity index (χ2n) is 9.95. The summed E-state index contributed by atoms with van der Waals surface area (Å²) in [6.45, 7) is 16.6. The molecular weight excluding hydrogens is 460 g/mol. The molecule has 4 unspecified atom stereocenters. The fourth-order valence-corrected chi connectivity index (χ4v) is 4.53. The zero-order valence-electron chi connectivity index (χ0n) is 23.3. The summed E-state index contributed by atoms with van der Waals surface area (Å²) in [4.78, 5) is 26.3. The highest BCUT2D eigenvalue weighted by Gasteiger charge is 2.21. The maximum Gasteiger partial charge on any atom is 0.237 e. The fourth-order valence-electron chi connectivity index (χ4n) is 4.53. The number of para-hydroxylation sites is 1. The number of fused-ring (bicyclic) bond motifs is 1. The molecule has 1 saturated carbocycles. The second kappa shape index (κ2) is 18.2. The summed E-state index contributed by atoms with van der Waals surface area (Å²) >= 11 is 0. The van der Waals surface area contributed by atoms with Gasteiger partial charge >= 0.3 is 0 Å². The van der Waals surface area contributed by atoms with E-state index in [-0.39, 0.29) is 12.5 Å². The Kier molecular flexibility index (Phi) is 15.7. The van der Waals surface area contributed by atoms with Gasteiger partial charge in [-0.3, -0.25) is 9.59 Å². The number of rotatable bonds is 10. The Balaban J connectivity index is 0.000000516. The van der Waals surface area contributed by atoms with Crippen molar-refractivity contribution in [2.24, 2.45) is 17.6 Å². The van der Waals surface area contributed by atoms with E-state index in [4.69, 9.17) is 5.73 Å². The van der Waals surface area contributed by atoms with Crippen molar-refractivity contribution in [2.75, 3.05) is 6.54 Å². The standard InChI is InChI=1S/C20H24N4O2.C8H16.C3H8/c1-3-7-14(4-2)19(12-22-13-25)24-20(26)17(21)10-15-11-23-18-9-6-5-8-16(15)18;1-7-4-3-5-8(2)6-7;1-3-2/h3-9,11,13,17,19,23H,1-2,10,12,21H2,(H,22,25)(H,24,26);7-8H,3-6H2,1-2H3;3H2,1-2H3/b14-7+;;. The van der Waals surface area contributed by atoms with Gasteiger partial charge in [-0.15, -0.1) is 0 Å². The molecule has 204 valence electrons. The molecule has 2 amide bonds. The largest absolute Gasteiger partial charge is 0.361 e. The van der Waals surface area contributed by atoms with Crippen LogP contribution < -0.4 is 16.4 Å². The lowest BCUT2D eigenvalue weighted by molar-refractivity contribution is -0.123. The van der Waals surface area contributed by atoms with Crippen molar-refractivity contribution in [2.45, 2.75) is 78.3 Å². The molecule has 6 nitrogen and oxygen atoms in total.